The van der Waals surface area contributed by atoms with Crippen molar-refractivity contribution in [3.05, 3.63) is 29.3 Å². The fourth-order valence-corrected chi connectivity index (χ4v) is 1.58. The molecule has 1 aromatic rings. The number of phenols is 1. The van der Waals surface area contributed by atoms with Crippen molar-refractivity contribution in [3.8, 4) is 5.75 Å². The molecule has 0 aliphatic carbocycles. The lowest BCUT2D eigenvalue weighted by Crippen LogP contribution is -1.94. The van der Waals surface area contributed by atoms with E-state index < -0.39 is 0 Å². The number of rotatable bonds is 4. The van der Waals surface area contributed by atoms with Crippen LogP contribution in [0.4, 0.5) is 0 Å². The second-order valence-electron chi connectivity index (χ2n) is 4.21. The molecular formula is C13H20O. The Balaban J connectivity index is 2.76. The van der Waals surface area contributed by atoms with Crippen LogP contribution in [0.2, 0.25) is 0 Å². The highest BCUT2D eigenvalue weighted by molar-refractivity contribution is 5.40. The maximum absolute atomic E-state index is 9.90. The number of para-hydroxylation sites is 1. The molecule has 0 unspecified atom stereocenters. The molecule has 0 saturated carbocycles. The minimum atomic E-state index is 0.510. The van der Waals surface area contributed by atoms with Crippen LogP contribution in [0, 0.1) is 5.92 Å². The first-order valence-corrected chi connectivity index (χ1v) is 5.44. The van der Waals surface area contributed by atoms with Crippen molar-refractivity contribution in [1.29, 1.82) is 0 Å². The fourth-order valence-electron chi connectivity index (χ4n) is 1.58. The van der Waals surface area contributed by atoms with E-state index >= 15 is 0 Å². The SMILES string of the molecule is CCc1cccc(CCC(C)C)c1O. The molecule has 0 atom stereocenters. The molecular weight excluding hydrogens is 172 g/mol. The molecule has 78 valence electrons. The molecule has 0 aromatic heterocycles. The quantitative estimate of drug-likeness (QED) is 0.773. The number of aryl methyl sites for hydroxylation is 2. The van der Waals surface area contributed by atoms with E-state index in [-0.39, 0.29) is 0 Å². The number of benzene rings is 1. The second kappa shape index (κ2) is 5.04. The fraction of sp³-hybridized carbons (Fsp3) is 0.538. The minimum Gasteiger partial charge on any atom is -0.507 e. The van der Waals surface area contributed by atoms with Crippen LogP contribution in [0.15, 0.2) is 18.2 Å². The maximum atomic E-state index is 9.90. The summed E-state index contributed by atoms with van der Waals surface area (Å²) >= 11 is 0. The van der Waals surface area contributed by atoms with Crippen molar-refractivity contribution in [2.24, 2.45) is 5.92 Å². The predicted molar refractivity (Wildman–Crippen MR) is 60.6 cm³/mol. The number of aromatic hydroxyl groups is 1. The summed E-state index contributed by atoms with van der Waals surface area (Å²) in [5.74, 6) is 1.20. The van der Waals surface area contributed by atoms with Gasteiger partial charge in [0.25, 0.3) is 0 Å². The third kappa shape index (κ3) is 2.76. The zero-order chi connectivity index (χ0) is 10.6. The normalized spacial score (nSPS) is 10.9. The molecule has 14 heavy (non-hydrogen) atoms. The smallest absolute Gasteiger partial charge is 0.121 e. The highest BCUT2D eigenvalue weighted by Gasteiger charge is 2.05. The predicted octanol–water partition coefficient (Wildman–Crippen LogP) is 3.54. The highest BCUT2D eigenvalue weighted by Crippen LogP contribution is 2.24. The van der Waals surface area contributed by atoms with Gasteiger partial charge in [-0.05, 0) is 36.3 Å². The zero-order valence-corrected chi connectivity index (χ0v) is 9.38. The Labute approximate surface area is 86.8 Å². The second-order valence-corrected chi connectivity index (χ2v) is 4.21. The first kappa shape index (κ1) is 11.1. The van der Waals surface area contributed by atoms with Crippen LogP contribution >= 0.6 is 0 Å². The Hall–Kier alpha value is -0.980. The molecule has 1 N–H and O–H groups in total. The van der Waals surface area contributed by atoms with E-state index in [1.165, 1.54) is 0 Å². The lowest BCUT2D eigenvalue weighted by atomic mass is 9.99. The van der Waals surface area contributed by atoms with Crippen LogP contribution < -0.4 is 0 Å². The summed E-state index contributed by atoms with van der Waals surface area (Å²) in [5, 5.41) is 9.90. The van der Waals surface area contributed by atoms with E-state index in [9.17, 15) is 5.11 Å². The largest absolute Gasteiger partial charge is 0.507 e. The highest BCUT2D eigenvalue weighted by atomic mass is 16.3. The molecule has 0 aliphatic heterocycles. The molecule has 0 heterocycles. The third-order valence-electron chi connectivity index (χ3n) is 2.58. The van der Waals surface area contributed by atoms with Gasteiger partial charge in [0.15, 0.2) is 0 Å². The van der Waals surface area contributed by atoms with Crippen LogP contribution in [-0.2, 0) is 12.8 Å². The summed E-state index contributed by atoms with van der Waals surface area (Å²) in [6, 6.07) is 6.05. The van der Waals surface area contributed by atoms with Gasteiger partial charge in [-0.15, -0.1) is 0 Å². The lowest BCUT2D eigenvalue weighted by Gasteiger charge is -2.09. The van der Waals surface area contributed by atoms with Gasteiger partial charge in [0.1, 0.15) is 5.75 Å². The first-order chi connectivity index (χ1) is 6.65. The molecule has 0 saturated heterocycles. The molecule has 0 aliphatic rings. The van der Waals surface area contributed by atoms with Gasteiger partial charge in [-0.2, -0.15) is 0 Å². The molecule has 0 amide bonds. The topological polar surface area (TPSA) is 20.2 Å². The number of phenolic OH excluding ortho intramolecular Hbond substituents is 1. The molecule has 0 bridgehead atoms. The molecule has 0 fully saturated rings. The Morgan fingerprint density at radius 1 is 1.21 bits per heavy atom. The monoisotopic (exact) mass is 192 g/mol. The Morgan fingerprint density at radius 3 is 2.43 bits per heavy atom. The van der Waals surface area contributed by atoms with Gasteiger partial charge >= 0.3 is 0 Å². The summed E-state index contributed by atoms with van der Waals surface area (Å²) in [5.41, 5.74) is 2.16. The van der Waals surface area contributed by atoms with Gasteiger partial charge in [-0.3, -0.25) is 0 Å². The van der Waals surface area contributed by atoms with Crippen LogP contribution in [0.3, 0.4) is 0 Å². The van der Waals surface area contributed by atoms with Crippen molar-refractivity contribution in [2.75, 3.05) is 0 Å². The van der Waals surface area contributed by atoms with Crippen molar-refractivity contribution < 1.29 is 5.11 Å². The average Bonchev–Trinajstić information content (AvgIpc) is 2.16. The van der Waals surface area contributed by atoms with Crippen molar-refractivity contribution in [1.82, 2.24) is 0 Å². The molecule has 0 spiro atoms. The Bertz CT molecular complexity index is 289. The summed E-state index contributed by atoms with van der Waals surface area (Å²) in [6.07, 6.45) is 3.03. The summed E-state index contributed by atoms with van der Waals surface area (Å²) in [4.78, 5) is 0. The Morgan fingerprint density at radius 2 is 1.86 bits per heavy atom. The minimum absolute atomic E-state index is 0.510. The van der Waals surface area contributed by atoms with Crippen LogP contribution in [0.5, 0.6) is 5.75 Å². The molecule has 1 rings (SSSR count). The summed E-state index contributed by atoms with van der Waals surface area (Å²) in [7, 11) is 0. The zero-order valence-electron chi connectivity index (χ0n) is 9.38. The van der Waals surface area contributed by atoms with Crippen molar-refractivity contribution in [2.45, 2.75) is 40.0 Å². The molecule has 0 radical (unpaired) electrons. The van der Waals surface area contributed by atoms with Gasteiger partial charge in [-0.1, -0.05) is 39.0 Å². The summed E-state index contributed by atoms with van der Waals surface area (Å²) in [6.45, 7) is 6.49. The standard InChI is InChI=1S/C13H20O/c1-4-11-6-5-7-12(13(11)14)9-8-10(2)3/h5-7,10,14H,4,8-9H2,1-3H3. The lowest BCUT2D eigenvalue weighted by molar-refractivity contribution is 0.457. The van der Waals surface area contributed by atoms with E-state index in [4.69, 9.17) is 0 Å². The van der Waals surface area contributed by atoms with E-state index in [0.717, 1.165) is 30.4 Å². The number of hydrogen-bond acceptors (Lipinski definition) is 1. The van der Waals surface area contributed by atoms with Crippen molar-refractivity contribution >= 4 is 0 Å². The van der Waals surface area contributed by atoms with Crippen LogP contribution in [0.1, 0.15) is 38.3 Å². The van der Waals surface area contributed by atoms with E-state index in [0.29, 0.717) is 11.7 Å². The first-order valence-electron chi connectivity index (χ1n) is 5.44. The van der Waals surface area contributed by atoms with E-state index in [1.54, 1.807) is 0 Å². The van der Waals surface area contributed by atoms with Crippen molar-refractivity contribution in [3.63, 3.8) is 0 Å². The molecule has 1 heteroatoms. The van der Waals surface area contributed by atoms with Gasteiger partial charge in [0.05, 0.1) is 0 Å². The molecule has 1 aromatic carbocycles. The van der Waals surface area contributed by atoms with Crippen LogP contribution in [-0.4, -0.2) is 5.11 Å². The Kier molecular flexibility index (Phi) is 3.99. The van der Waals surface area contributed by atoms with E-state index in [1.807, 2.05) is 18.2 Å². The van der Waals surface area contributed by atoms with Gasteiger partial charge < -0.3 is 5.11 Å². The molecule has 1 nitrogen and oxygen atoms in total. The van der Waals surface area contributed by atoms with Gasteiger partial charge in [0, 0.05) is 0 Å². The number of hydrogen-bond donors (Lipinski definition) is 1. The summed E-state index contributed by atoms with van der Waals surface area (Å²) < 4.78 is 0. The van der Waals surface area contributed by atoms with Gasteiger partial charge in [0.2, 0.25) is 0 Å². The third-order valence-corrected chi connectivity index (χ3v) is 2.58. The maximum Gasteiger partial charge on any atom is 0.121 e. The van der Waals surface area contributed by atoms with Gasteiger partial charge in [-0.25, -0.2) is 0 Å². The van der Waals surface area contributed by atoms with Crippen LogP contribution in [0.25, 0.3) is 0 Å². The average molecular weight is 192 g/mol. The van der Waals surface area contributed by atoms with E-state index in [2.05, 4.69) is 20.8 Å².